The Morgan fingerprint density at radius 3 is 2.33 bits per heavy atom. The van der Waals surface area contributed by atoms with Crippen LogP contribution in [0.3, 0.4) is 0 Å². The van der Waals surface area contributed by atoms with Crippen LogP contribution in [0.2, 0.25) is 0 Å². The molecule has 1 amide bonds. The van der Waals surface area contributed by atoms with Gasteiger partial charge in [-0.2, -0.15) is 0 Å². The number of carbonyl (C=O) groups excluding carboxylic acids is 2. The fourth-order valence-electron chi connectivity index (χ4n) is 3.43. The summed E-state index contributed by atoms with van der Waals surface area (Å²) in [5.74, 6) is 0.247. The van der Waals surface area contributed by atoms with Gasteiger partial charge in [0.2, 0.25) is 0 Å². The molecular formula is C23H28N2O5. The minimum atomic E-state index is -0.863. The van der Waals surface area contributed by atoms with Crippen LogP contribution in [0, 0.1) is 0 Å². The number of piperazine rings is 1. The summed E-state index contributed by atoms with van der Waals surface area (Å²) < 4.78 is 16.2. The van der Waals surface area contributed by atoms with E-state index < -0.39 is 12.1 Å². The molecule has 0 saturated carbocycles. The van der Waals surface area contributed by atoms with E-state index in [1.165, 1.54) is 7.11 Å². The summed E-state index contributed by atoms with van der Waals surface area (Å²) >= 11 is 0. The molecule has 7 heteroatoms. The molecule has 0 bridgehead atoms. The zero-order chi connectivity index (χ0) is 21.5. The molecule has 2 aromatic rings. The first-order chi connectivity index (χ1) is 14.5. The van der Waals surface area contributed by atoms with Crippen molar-refractivity contribution >= 4 is 17.6 Å². The third-order valence-electron chi connectivity index (χ3n) is 5.04. The molecule has 0 spiro atoms. The van der Waals surface area contributed by atoms with Crippen molar-refractivity contribution in [3.05, 3.63) is 54.1 Å². The van der Waals surface area contributed by atoms with E-state index in [1.54, 1.807) is 30.0 Å². The Labute approximate surface area is 177 Å². The summed E-state index contributed by atoms with van der Waals surface area (Å²) in [5.41, 5.74) is 1.46. The molecule has 2 aromatic carbocycles. The van der Waals surface area contributed by atoms with Crippen LogP contribution in [-0.4, -0.2) is 62.8 Å². The Bertz CT molecular complexity index is 863. The molecular weight excluding hydrogens is 384 g/mol. The van der Waals surface area contributed by atoms with E-state index in [-0.39, 0.29) is 5.91 Å². The number of methoxy groups -OCH3 is 1. The van der Waals surface area contributed by atoms with E-state index in [0.717, 1.165) is 18.8 Å². The molecule has 0 unspecified atom stereocenters. The average Bonchev–Trinajstić information content (AvgIpc) is 2.79. The van der Waals surface area contributed by atoms with Gasteiger partial charge in [-0.1, -0.05) is 18.2 Å². The fraction of sp³-hybridized carbons (Fsp3) is 0.391. The Balaban J connectivity index is 1.57. The molecule has 1 fully saturated rings. The van der Waals surface area contributed by atoms with Gasteiger partial charge in [-0.3, -0.25) is 4.79 Å². The molecule has 3 rings (SSSR count). The van der Waals surface area contributed by atoms with Crippen LogP contribution in [0.1, 0.15) is 24.2 Å². The van der Waals surface area contributed by atoms with Crippen LogP contribution in [-0.2, 0) is 9.53 Å². The van der Waals surface area contributed by atoms with Gasteiger partial charge >= 0.3 is 5.97 Å². The zero-order valence-corrected chi connectivity index (χ0v) is 17.7. The molecule has 1 aliphatic rings. The predicted octanol–water partition coefficient (Wildman–Crippen LogP) is 2.99. The highest BCUT2D eigenvalue weighted by atomic mass is 16.5. The summed E-state index contributed by atoms with van der Waals surface area (Å²) in [6, 6.07) is 14.9. The maximum atomic E-state index is 12.8. The number of benzene rings is 2. The number of esters is 1. The minimum Gasteiger partial charge on any atom is -0.493 e. The number of amides is 1. The van der Waals surface area contributed by atoms with E-state index in [9.17, 15) is 9.59 Å². The molecule has 0 radical (unpaired) electrons. The van der Waals surface area contributed by atoms with E-state index in [0.29, 0.717) is 36.8 Å². The summed E-state index contributed by atoms with van der Waals surface area (Å²) in [4.78, 5) is 29.3. The lowest BCUT2D eigenvalue weighted by Crippen LogP contribution is -2.51. The van der Waals surface area contributed by atoms with Crippen molar-refractivity contribution in [2.75, 3.05) is 44.8 Å². The van der Waals surface area contributed by atoms with E-state index >= 15 is 0 Å². The second-order valence-corrected chi connectivity index (χ2v) is 6.99. The Morgan fingerprint density at radius 1 is 1.00 bits per heavy atom. The van der Waals surface area contributed by atoms with Crippen LogP contribution >= 0.6 is 0 Å². The van der Waals surface area contributed by atoms with Crippen LogP contribution in [0.4, 0.5) is 5.69 Å². The highest BCUT2D eigenvalue weighted by Crippen LogP contribution is 2.28. The second kappa shape index (κ2) is 10.0. The van der Waals surface area contributed by atoms with Crippen molar-refractivity contribution < 1.29 is 23.8 Å². The van der Waals surface area contributed by atoms with Crippen molar-refractivity contribution in [2.45, 2.75) is 20.0 Å². The zero-order valence-electron chi connectivity index (χ0n) is 17.7. The lowest BCUT2D eigenvalue weighted by molar-refractivity contribution is -0.140. The highest BCUT2D eigenvalue weighted by Gasteiger charge is 2.28. The van der Waals surface area contributed by atoms with Gasteiger partial charge in [0.15, 0.2) is 17.6 Å². The van der Waals surface area contributed by atoms with E-state index in [4.69, 9.17) is 14.2 Å². The van der Waals surface area contributed by atoms with Crippen molar-refractivity contribution in [3.63, 3.8) is 0 Å². The van der Waals surface area contributed by atoms with Gasteiger partial charge < -0.3 is 24.0 Å². The quantitative estimate of drug-likeness (QED) is 0.652. The van der Waals surface area contributed by atoms with Crippen LogP contribution < -0.4 is 14.4 Å². The summed E-state index contributed by atoms with van der Waals surface area (Å²) in [7, 11) is 1.54. The maximum absolute atomic E-state index is 12.8. The molecule has 30 heavy (non-hydrogen) atoms. The molecule has 0 N–H and O–H groups in total. The Morgan fingerprint density at radius 2 is 1.70 bits per heavy atom. The first-order valence-corrected chi connectivity index (χ1v) is 10.1. The van der Waals surface area contributed by atoms with Crippen molar-refractivity contribution in [1.29, 1.82) is 0 Å². The summed E-state index contributed by atoms with van der Waals surface area (Å²) in [5, 5.41) is 0. The topological polar surface area (TPSA) is 68.3 Å². The summed E-state index contributed by atoms with van der Waals surface area (Å²) in [6.07, 6.45) is -0.863. The van der Waals surface area contributed by atoms with Gasteiger partial charge in [0.05, 0.1) is 19.3 Å². The third-order valence-corrected chi connectivity index (χ3v) is 5.04. The number of anilines is 1. The normalized spacial score (nSPS) is 14.8. The Hall–Kier alpha value is -3.22. The number of hydrogen-bond donors (Lipinski definition) is 0. The fourth-order valence-corrected chi connectivity index (χ4v) is 3.43. The van der Waals surface area contributed by atoms with Gasteiger partial charge in [-0.05, 0) is 44.2 Å². The lowest BCUT2D eigenvalue weighted by atomic mass is 10.2. The minimum absolute atomic E-state index is 0.186. The number of hydrogen-bond acceptors (Lipinski definition) is 6. The van der Waals surface area contributed by atoms with Crippen molar-refractivity contribution in [1.82, 2.24) is 4.90 Å². The molecule has 7 nitrogen and oxygen atoms in total. The monoisotopic (exact) mass is 412 g/mol. The van der Waals surface area contributed by atoms with Gasteiger partial charge in [0.25, 0.3) is 5.91 Å². The van der Waals surface area contributed by atoms with Gasteiger partial charge in [-0.15, -0.1) is 0 Å². The number of carbonyl (C=O) groups is 2. The number of ether oxygens (including phenoxy) is 3. The van der Waals surface area contributed by atoms with Gasteiger partial charge in [-0.25, -0.2) is 4.79 Å². The van der Waals surface area contributed by atoms with E-state index in [2.05, 4.69) is 17.0 Å². The molecule has 1 aliphatic heterocycles. The molecule has 0 aliphatic carbocycles. The van der Waals surface area contributed by atoms with Crippen LogP contribution in [0.15, 0.2) is 48.5 Å². The van der Waals surface area contributed by atoms with Crippen molar-refractivity contribution in [2.24, 2.45) is 0 Å². The number of nitrogens with zero attached hydrogens (tertiary/aromatic N) is 2. The third kappa shape index (κ3) is 5.03. The molecule has 1 heterocycles. The predicted molar refractivity (Wildman–Crippen MR) is 114 cm³/mol. The first-order valence-electron chi connectivity index (χ1n) is 10.1. The SMILES string of the molecule is CCOc1cc(C(=O)O[C@H](C)C(=O)N2CCN(c3ccccc3)CC2)ccc1OC. The van der Waals surface area contributed by atoms with Gasteiger partial charge in [0.1, 0.15) is 0 Å². The smallest absolute Gasteiger partial charge is 0.339 e. The lowest BCUT2D eigenvalue weighted by Gasteiger charge is -2.37. The first kappa shape index (κ1) is 21.5. The van der Waals surface area contributed by atoms with Gasteiger partial charge in [0, 0.05) is 31.9 Å². The largest absolute Gasteiger partial charge is 0.493 e. The number of rotatable bonds is 7. The maximum Gasteiger partial charge on any atom is 0.339 e. The van der Waals surface area contributed by atoms with Crippen molar-refractivity contribution in [3.8, 4) is 11.5 Å². The summed E-state index contributed by atoms with van der Waals surface area (Å²) in [6.45, 7) is 6.57. The van der Waals surface area contributed by atoms with Crippen LogP contribution in [0.25, 0.3) is 0 Å². The molecule has 0 aromatic heterocycles. The average molecular weight is 412 g/mol. The number of para-hydroxylation sites is 1. The highest BCUT2D eigenvalue weighted by molar-refractivity contribution is 5.93. The molecule has 1 atom stereocenters. The second-order valence-electron chi connectivity index (χ2n) is 6.99. The molecule has 160 valence electrons. The van der Waals surface area contributed by atoms with E-state index in [1.807, 2.05) is 25.1 Å². The standard InChI is InChI=1S/C23H28N2O5/c1-4-29-21-16-18(10-11-20(21)28-3)23(27)30-17(2)22(26)25-14-12-24(13-15-25)19-8-6-5-7-9-19/h5-11,16-17H,4,12-15H2,1-3H3/t17-/m1/s1. The van der Waals surface area contributed by atoms with Crippen LogP contribution in [0.5, 0.6) is 11.5 Å². The molecule has 1 saturated heterocycles. The Kier molecular flexibility index (Phi) is 7.17.